The summed E-state index contributed by atoms with van der Waals surface area (Å²) in [6, 6.07) is 2.56. The van der Waals surface area contributed by atoms with Crippen LogP contribution in [0.2, 0.25) is 0 Å². The summed E-state index contributed by atoms with van der Waals surface area (Å²) in [5.74, 6) is -0.166. The molecule has 0 unspecified atom stereocenters. The normalized spacial score (nSPS) is 10.6. The molecule has 3 N–H and O–H groups in total. The molecule has 0 fully saturated rings. The number of aromatic nitrogens is 3. The van der Waals surface area contributed by atoms with Gasteiger partial charge in [0.25, 0.3) is 5.91 Å². The van der Waals surface area contributed by atoms with Crippen molar-refractivity contribution in [2.24, 2.45) is 0 Å². The van der Waals surface area contributed by atoms with Gasteiger partial charge in [0, 0.05) is 5.92 Å². The zero-order valence-corrected chi connectivity index (χ0v) is 11.1. The Morgan fingerprint density at radius 3 is 2.65 bits per heavy atom. The third-order valence-electron chi connectivity index (χ3n) is 2.54. The van der Waals surface area contributed by atoms with E-state index in [1.807, 2.05) is 13.8 Å². The van der Waals surface area contributed by atoms with Gasteiger partial charge < -0.3 is 11.1 Å². The predicted molar refractivity (Wildman–Crippen MR) is 72.7 cm³/mol. The molecule has 0 aliphatic carbocycles. The maximum Gasteiger partial charge on any atom is 0.277 e. The van der Waals surface area contributed by atoms with Crippen LogP contribution in [-0.2, 0) is 0 Å². The highest BCUT2D eigenvalue weighted by molar-refractivity contribution is 6.05. The van der Waals surface area contributed by atoms with Crippen molar-refractivity contribution in [2.75, 3.05) is 11.1 Å². The molecule has 1 amide bonds. The van der Waals surface area contributed by atoms with Crippen LogP contribution in [0.25, 0.3) is 0 Å². The van der Waals surface area contributed by atoms with Crippen molar-refractivity contribution in [1.29, 1.82) is 0 Å². The highest BCUT2D eigenvalue weighted by Crippen LogP contribution is 2.15. The monoisotopic (exact) mass is 275 g/mol. The number of nitrogen functional groups attached to an aromatic ring is 1. The first-order valence-electron chi connectivity index (χ1n) is 6.02. The lowest BCUT2D eigenvalue weighted by molar-refractivity contribution is 0.102. The van der Waals surface area contributed by atoms with Gasteiger partial charge in [-0.15, -0.1) is 0 Å². The number of carbonyl (C=O) groups excluding carboxylic acids is 1. The first-order chi connectivity index (χ1) is 9.47. The number of carbonyl (C=O) groups is 1. The molecule has 2 heterocycles. The Hall–Kier alpha value is -2.57. The molecular formula is C13H14FN5O. The summed E-state index contributed by atoms with van der Waals surface area (Å²) in [4.78, 5) is 24.0. The van der Waals surface area contributed by atoms with Crippen LogP contribution >= 0.6 is 0 Å². The van der Waals surface area contributed by atoms with Gasteiger partial charge in [-0.25, -0.2) is 19.3 Å². The van der Waals surface area contributed by atoms with Crippen LogP contribution in [0.1, 0.15) is 36.1 Å². The molecule has 0 aromatic carbocycles. The van der Waals surface area contributed by atoms with Gasteiger partial charge in [-0.1, -0.05) is 13.8 Å². The molecule has 104 valence electrons. The fraction of sp³-hybridized carbons (Fsp3) is 0.231. The van der Waals surface area contributed by atoms with Gasteiger partial charge in [-0.3, -0.25) is 4.79 Å². The summed E-state index contributed by atoms with van der Waals surface area (Å²) in [7, 11) is 0. The summed E-state index contributed by atoms with van der Waals surface area (Å²) in [5.41, 5.74) is 5.96. The SMILES string of the molecule is CC(C)c1ncc(N)c(C(=O)Nc2ccc(F)cn2)n1. The van der Waals surface area contributed by atoms with Gasteiger partial charge in [-0.2, -0.15) is 0 Å². The molecule has 0 atom stereocenters. The molecule has 0 saturated carbocycles. The van der Waals surface area contributed by atoms with E-state index in [0.717, 1.165) is 6.20 Å². The molecular weight excluding hydrogens is 261 g/mol. The molecule has 0 bridgehead atoms. The third-order valence-corrected chi connectivity index (χ3v) is 2.54. The molecule has 0 radical (unpaired) electrons. The first-order valence-corrected chi connectivity index (χ1v) is 6.02. The third kappa shape index (κ3) is 3.05. The first kappa shape index (κ1) is 13.9. The molecule has 7 heteroatoms. The quantitative estimate of drug-likeness (QED) is 0.893. The topological polar surface area (TPSA) is 93.8 Å². The summed E-state index contributed by atoms with van der Waals surface area (Å²) in [5, 5.41) is 2.51. The lowest BCUT2D eigenvalue weighted by Gasteiger charge is -2.09. The molecule has 0 aliphatic rings. The van der Waals surface area contributed by atoms with E-state index in [1.165, 1.54) is 18.3 Å². The Bertz CT molecular complexity index is 627. The number of halogens is 1. The van der Waals surface area contributed by atoms with E-state index in [4.69, 9.17) is 5.73 Å². The highest BCUT2D eigenvalue weighted by Gasteiger charge is 2.15. The van der Waals surface area contributed by atoms with Gasteiger partial charge >= 0.3 is 0 Å². The predicted octanol–water partition coefficient (Wildman–Crippen LogP) is 1.97. The number of hydrogen-bond donors (Lipinski definition) is 2. The van der Waals surface area contributed by atoms with E-state index in [2.05, 4.69) is 20.3 Å². The van der Waals surface area contributed by atoms with Crippen LogP contribution in [0.15, 0.2) is 24.5 Å². The van der Waals surface area contributed by atoms with Crippen LogP contribution in [0, 0.1) is 5.82 Å². The van der Waals surface area contributed by atoms with Crippen molar-refractivity contribution in [1.82, 2.24) is 15.0 Å². The van der Waals surface area contributed by atoms with Crippen molar-refractivity contribution in [2.45, 2.75) is 19.8 Å². The van der Waals surface area contributed by atoms with Crippen molar-refractivity contribution >= 4 is 17.4 Å². The minimum absolute atomic E-state index is 0.0751. The summed E-state index contributed by atoms with van der Waals surface area (Å²) >= 11 is 0. The van der Waals surface area contributed by atoms with E-state index in [-0.39, 0.29) is 23.1 Å². The van der Waals surface area contributed by atoms with E-state index in [9.17, 15) is 9.18 Å². The number of pyridine rings is 1. The van der Waals surface area contributed by atoms with Crippen LogP contribution in [0.5, 0.6) is 0 Å². The van der Waals surface area contributed by atoms with Gasteiger partial charge in [-0.05, 0) is 12.1 Å². The second-order valence-electron chi connectivity index (χ2n) is 4.50. The zero-order valence-electron chi connectivity index (χ0n) is 11.1. The standard InChI is InChI=1S/C13H14FN5O/c1-7(2)12-17-6-9(15)11(19-12)13(20)18-10-4-3-8(14)5-16-10/h3-7H,15H2,1-2H3,(H,16,18,20). The Morgan fingerprint density at radius 1 is 1.30 bits per heavy atom. The van der Waals surface area contributed by atoms with Crippen molar-refractivity contribution in [3.05, 3.63) is 41.9 Å². The lowest BCUT2D eigenvalue weighted by Crippen LogP contribution is -2.18. The Kier molecular flexibility index (Phi) is 3.88. The largest absolute Gasteiger partial charge is 0.396 e. The van der Waals surface area contributed by atoms with Crippen molar-refractivity contribution < 1.29 is 9.18 Å². The lowest BCUT2D eigenvalue weighted by atomic mass is 10.2. The Morgan fingerprint density at radius 2 is 2.05 bits per heavy atom. The molecule has 0 saturated heterocycles. The van der Waals surface area contributed by atoms with E-state index in [1.54, 1.807) is 0 Å². The Labute approximate surface area is 115 Å². The summed E-state index contributed by atoms with van der Waals surface area (Å²) < 4.78 is 12.7. The smallest absolute Gasteiger partial charge is 0.277 e. The zero-order chi connectivity index (χ0) is 14.7. The minimum atomic E-state index is -0.508. The van der Waals surface area contributed by atoms with Crippen LogP contribution in [-0.4, -0.2) is 20.9 Å². The van der Waals surface area contributed by atoms with Gasteiger partial charge in [0.05, 0.1) is 18.1 Å². The van der Waals surface area contributed by atoms with Crippen molar-refractivity contribution in [3.63, 3.8) is 0 Å². The maximum absolute atomic E-state index is 12.7. The number of hydrogen-bond acceptors (Lipinski definition) is 5. The average molecular weight is 275 g/mol. The molecule has 6 nitrogen and oxygen atoms in total. The van der Waals surface area contributed by atoms with E-state index < -0.39 is 11.7 Å². The van der Waals surface area contributed by atoms with Crippen LogP contribution < -0.4 is 11.1 Å². The second kappa shape index (κ2) is 5.60. The van der Waals surface area contributed by atoms with Gasteiger partial charge in [0.1, 0.15) is 17.5 Å². The van der Waals surface area contributed by atoms with Gasteiger partial charge in [0.15, 0.2) is 5.69 Å². The molecule has 2 aromatic heterocycles. The fourth-order valence-electron chi connectivity index (χ4n) is 1.49. The van der Waals surface area contributed by atoms with Gasteiger partial charge in [0.2, 0.25) is 0 Å². The number of amides is 1. The van der Waals surface area contributed by atoms with Crippen LogP contribution in [0.3, 0.4) is 0 Å². The molecule has 0 spiro atoms. The van der Waals surface area contributed by atoms with Crippen molar-refractivity contribution in [3.8, 4) is 0 Å². The second-order valence-corrected chi connectivity index (χ2v) is 4.50. The summed E-state index contributed by atoms with van der Waals surface area (Å²) in [6.07, 6.45) is 2.41. The number of nitrogens with two attached hydrogens (primary N) is 1. The average Bonchev–Trinajstić information content (AvgIpc) is 2.41. The minimum Gasteiger partial charge on any atom is -0.396 e. The van der Waals surface area contributed by atoms with E-state index in [0.29, 0.717) is 5.82 Å². The number of nitrogens with one attached hydrogen (secondary N) is 1. The molecule has 20 heavy (non-hydrogen) atoms. The maximum atomic E-state index is 12.7. The molecule has 2 aromatic rings. The number of anilines is 2. The summed E-state index contributed by atoms with van der Waals surface area (Å²) in [6.45, 7) is 3.82. The van der Waals surface area contributed by atoms with E-state index >= 15 is 0 Å². The fourth-order valence-corrected chi connectivity index (χ4v) is 1.49. The van der Waals surface area contributed by atoms with Crippen LogP contribution in [0.4, 0.5) is 15.9 Å². The number of rotatable bonds is 3. The highest BCUT2D eigenvalue weighted by atomic mass is 19.1. The molecule has 0 aliphatic heterocycles. The Balaban J connectivity index is 2.24. The number of nitrogens with zero attached hydrogens (tertiary/aromatic N) is 3. The molecule has 2 rings (SSSR count).